The lowest BCUT2D eigenvalue weighted by molar-refractivity contribution is 0.207. The number of rotatable bonds is 4. The molecule has 1 aliphatic heterocycles. The zero-order valence-electron chi connectivity index (χ0n) is 8.55. The largest absolute Gasteiger partial charge is 0.313 e. The zero-order valence-corrected chi connectivity index (χ0v) is 8.55. The summed E-state index contributed by atoms with van der Waals surface area (Å²) in [6, 6.07) is 0.705. The third-order valence-electron chi connectivity index (χ3n) is 2.74. The summed E-state index contributed by atoms with van der Waals surface area (Å²) >= 11 is 0. The van der Waals surface area contributed by atoms with Crippen LogP contribution in [0.25, 0.3) is 0 Å². The molecule has 1 rings (SSSR count). The summed E-state index contributed by atoms with van der Waals surface area (Å²) in [5.74, 6) is 2.65. The molecule has 0 amide bonds. The van der Waals surface area contributed by atoms with Crippen LogP contribution in [0.4, 0.5) is 0 Å². The van der Waals surface area contributed by atoms with E-state index in [1.165, 1.54) is 32.5 Å². The second-order valence-corrected chi connectivity index (χ2v) is 3.62. The summed E-state index contributed by atoms with van der Waals surface area (Å²) in [5, 5.41) is 3.50. The molecule has 0 aliphatic carbocycles. The lowest BCUT2D eigenvalue weighted by Crippen LogP contribution is -2.42. The van der Waals surface area contributed by atoms with E-state index in [2.05, 4.69) is 23.1 Å². The Bertz CT molecular complexity index is 163. The van der Waals surface area contributed by atoms with E-state index >= 15 is 0 Å². The number of nitrogens with one attached hydrogen (secondary N) is 1. The van der Waals surface area contributed by atoms with Crippen molar-refractivity contribution in [3.8, 4) is 12.3 Å². The molecule has 1 saturated heterocycles. The van der Waals surface area contributed by atoms with Gasteiger partial charge in [-0.25, -0.2) is 0 Å². The summed E-state index contributed by atoms with van der Waals surface area (Å²) in [4.78, 5) is 2.50. The highest BCUT2D eigenvalue weighted by molar-refractivity contribution is 4.85. The van der Waals surface area contributed by atoms with E-state index in [1.54, 1.807) is 0 Å². The number of nitrogens with zero attached hydrogens (tertiary/aromatic N) is 1. The van der Waals surface area contributed by atoms with Gasteiger partial charge in [-0.1, -0.05) is 6.92 Å². The number of piperidine rings is 1. The molecule has 0 radical (unpaired) electrons. The van der Waals surface area contributed by atoms with Crippen molar-refractivity contribution >= 4 is 0 Å². The van der Waals surface area contributed by atoms with Gasteiger partial charge in [0.15, 0.2) is 0 Å². The highest BCUT2D eigenvalue weighted by Crippen LogP contribution is 2.09. The second kappa shape index (κ2) is 6.01. The topological polar surface area (TPSA) is 15.3 Å². The van der Waals surface area contributed by atoms with Gasteiger partial charge in [0.25, 0.3) is 0 Å². The van der Waals surface area contributed by atoms with Crippen LogP contribution in [0, 0.1) is 12.3 Å². The molecule has 0 aromatic carbocycles. The fourth-order valence-electron chi connectivity index (χ4n) is 1.80. The maximum Gasteiger partial charge on any atom is 0.0211 e. The Balaban J connectivity index is 2.07. The van der Waals surface area contributed by atoms with Gasteiger partial charge in [-0.2, -0.15) is 0 Å². The standard InChI is InChI=1S/C11H20N2/c1-3-5-8-12-11-6-9-13(4-2)10-7-11/h1,11-12H,4-10H2,2H3. The van der Waals surface area contributed by atoms with Crippen molar-refractivity contribution in [2.75, 3.05) is 26.2 Å². The van der Waals surface area contributed by atoms with Crippen LogP contribution in [0.1, 0.15) is 26.2 Å². The number of hydrogen-bond donors (Lipinski definition) is 1. The first kappa shape index (κ1) is 10.6. The molecule has 1 fully saturated rings. The van der Waals surface area contributed by atoms with E-state index in [0.717, 1.165) is 13.0 Å². The predicted octanol–water partition coefficient (Wildman–Crippen LogP) is 1.08. The molecule has 0 bridgehead atoms. The van der Waals surface area contributed by atoms with E-state index in [-0.39, 0.29) is 0 Å². The normalized spacial score (nSPS) is 20.0. The fraction of sp³-hybridized carbons (Fsp3) is 0.818. The third kappa shape index (κ3) is 3.80. The summed E-state index contributed by atoms with van der Waals surface area (Å²) in [6.45, 7) is 6.88. The van der Waals surface area contributed by atoms with Gasteiger partial charge in [0.2, 0.25) is 0 Å². The maximum atomic E-state index is 5.19. The summed E-state index contributed by atoms with van der Waals surface area (Å²) < 4.78 is 0. The van der Waals surface area contributed by atoms with Crippen LogP contribution in [-0.2, 0) is 0 Å². The monoisotopic (exact) mass is 180 g/mol. The first-order chi connectivity index (χ1) is 6.36. The molecule has 1 N–H and O–H groups in total. The van der Waals surface area contributed by atoms with Crippen molar-refractivity contribution in [2.24, 2.45) is 0 Å². The Labute approximate surface area is 81.7 Å². The van der Waals surface area contributed by atoms with Gasteiger partial charge in [-0.15, -0.1) is 12.3 Å². The number of terminal acetylenes is 1. The van der Waals surface area contributed by atoms with Gasteiger partial charge < -0.3 is 10.2 Å². The van der Waals surface area contributed by atoms with Crippen LogP contribution in [0.3, 0.4) is 0 Å². The van der Waals surface area contributed by atoms with Crippen LogP contribution >= 0.6 is 0 Å². The Hall–Kier alpha value is -0.520. The van der Waals surface area contributed by atoms with Crippen molar-refractivity contribution < 1.29 is 0 Å². The highest BCUT2D eigenvalue weighted by atomic mass is 15.1. The van der Waals surface area contributed by atoms with Gasteiger partial charge in [0.1, 0.15) is 0 Å². The molecule has 74 valence electrons. The first-order valence-corrected chi connectivity index (χ1v) is 5.26. The maximum absolute atomic E-state index is 5.19. The third-order valence-corrected chi connectivity index (χ3v) is 2.74. The molecule has 1 heterocycles. The minimum absolute atomic E-state index is 0.705. The van der Waals surface area contributed by atoms with Gasteiger partial charge in [0, 0.05) is 19.0 Å². The van der Waals surface area contributed by atoms with Crippen LogP contribution in [0.15, 0.2) is 0 Å². The Kier molecular flexibility index (Phi) is 4.88. The second-order valence-electron chi connectivity index (χ2n) is 3.62. The quantitative estimate of drug-likeness (QED) is 0.514. The van der Waals surface area contributed by atoms with Crippen LogP contribution in [0.2, 0.25) is 0 Å². The van der Waals surface area contributed by atoms with Crippen molar-refractivity contribution in [1.82, 2.24) is 10.2 Å². The summed E-state index contributed by atoms with van der Waals surface area (Å²) in [5.41, 5.74) is 0. The average Bonchev–Trinajstić information content (AvgIpc) is 2.19. The van der Waals surface area contributed by atoms with Crippen LogP contribution in [0.5, 0.6) is 0 Å². The van der Waals surface area contributed by atoms with Gasteiger partial charge >= 0.3 is 0 Å². The summed E-state index contributed by atoms with van der Waals surface area (Å²) in [7, 11) is 0. The Morgan fingerprint density at radius 1 is 1.46 bits per heavy atom. The van der Waals surface area contributed by atoms with E-state index < -0.39 is 0 Å². The van der Waals surface area contributed by atoms with Crippen LogP contribution < -0.4 is 5.32 Å². The molecule has 0 unspecified atom stereocenters. The lowest BCUT2D eigenvalue weighted by atomic mass is 10.1. The first-order valence-electron chi connectivity index (χ1n) is 5.26. The SMILES string of the molecule is C#CCCNC1CCN(CC)CC1. The molecule has 0 spiro atoms. The molecule has 0 aromatic rings. The van der Waals surface area contributed by atoms with Crippen molar-refractivity contribution in [1.29, 1.82) is 0 Å². The van der Waals surface area contributed by atoms with Crippen LogP contribution in [-0.4, -0.2) is 37.1 Å². The predicted molar refractivity (Wildman–Crippen MR) is 56.6 cm³/mol. The highest BCUT2D eigenvalue weighted by Gasteiger charge is 2.16. The molecule has 2 heteroatoms. The zero-order chi connectivity index (χ0) is 9.52. The molecule has 13 heavy (non-hydrogen) atoms. The fourth-order valence-corrected chi connectivity index (χ4v) is 1.80. The van der Waals surface area contributed by atoms with Gasteiger partial charge in [-0.05, 0) is 32.5 Å². The lowest BCUT2D eigenvalue weighted by Gasteiger charge is -2.31. The molecular weight excluding hydrogens is 160 g/mol. The minimum Gasteiger partial charge on any atom is -0.313 e. The van der Waals surface area contributed by atoms with Gasteiger partial charge in [0.05, 0.1) is 0 Å². The Morgan fingerprint density at radius 2 is 2.15 bits per heavy atom. The smallest absolute Gasteiger partial charge is 0.0211 e. The van der Waals surface area contributed by atoms with Gasteiger partial charge in [-0.3, -0.25) is 0 Å². The molecule has 0 saturated carbocycles. The number of likely N-dealkylation sites (tertiary alicyclic amines) is 1. The van der Waals surface area contributed by atoms with Crippen molar-refractivity contribution in [3.63, 3.8) is 0 Å². The average molecular weight is 180 g/mol. The number of hydrogen-bond acceptors (Lipinski definition) is 2. The molecule has 1 aliphatic rings. The van der Waals surface area contributed by atoms with E-state index in [4.69, 9.17) is 6.42 Å². The summed E-state index contributed by atoms with van der Waals surface area (Å²) in [6.07, 6.45) is 8.60. The molecular formula is C11H20N2. The van der Waals surface area contributed by atoms with E-state index in [9.17, 15) is 0 Å². The van der Waals surface area contributed by atoms with E-state index in [1.807, 2.05) is 0 Å². The Morgan fingerprint density at radius 3 is 2.69 bits per heavy atom. The van der Waals surface area contributed by atoms with E-state index in [0.29, 0.717) is 6.04 Å². The van der Waals surface area contributed by atoms with Crippen molar-refractivity contribution in [3.05, 3.63) is 0 Å². The van der Waals surface area contributed by atoms with Crippen molar-refractivity contribution in [2.45, 2.75) is 32.2 Å². The molecule has 0 atom stereocenters. The molecule has 0 aromatic heterocycles. The molecule has 2 nitrogen and oxygen atoms in total. The minimum atomic E-state index is 0.705.